The van der Waals surface area contributed by atoms with Gasteiger partial charge in [0.05, 0.1) is 5.54 Å². The van der Waals surface area contributed by atoms with E-state index < -0.39 is 17.5 Å². The summed E-state index contributed by atoms with van der Waals surface area (Å²) in [7, 11) is 0. The van der Waals surface area contributed by atoms with Crippen molar-refractivity contribution in [3.05, 3.63) is 53.0 Å². The summed E-state index contributed by atoms with van der Waals surface area (Å²) >= 11 is 1.06. The number of carbonyl (C=O) groups excluding carboxylic acids is 1. The van der Waals surface area contributed by atoms with Crippen LogP contribution in [0.15, 0.2) is 36.2 Å². The van der Waals surface area contributed by atoms with Crippen molar-refractivity contribution in [2.75, 3.05) is 5.32 Å². The first-order valence-corrected chi connectivity index (χ1v) is 8.11. The van der Waals surface area contributed by atoms with Gasteiger partial charge >= 0.3 is 12.0 Å². The lowest BCUT2D eigenvalue weighted by atomic mass is 9.92. The Hall–Kier alpha value is -2.67. The van der Waals surface area contributed by atoms with Gasteiger partial charge in [-0.2, -0.15) is 0 Å². The van der Waals surface area contributed by atoms with E-state index in [0.717, 1.165) is 28.0 Å². The number of carboxylic acids is 1. The van der Waals surface area contributed by atoms with E-state index in [4.69, 9.17) is 5.11 Å². The largest absolute Gasteiger partial charge is 0.476 e. The molecular formula is C17H19N3O3S. The highest BCUT2D eigenvalue weighted by atomic mass is 32.1. The van der Waals surface area contributed by atoms with Crippen LogP contribution in [0.25, 0.3) is 5.57 Å². The Morgan fingerprint density at radius 2 is 2.04 bits per heavy atom. The fraction of sp³-hybridized carbons (Fsp3) is 0.235. The molecular weight excluding hydrogens is 326 g/mol. The van der Waals surface area contributed by atoms with Crippen molar-refractivity contribution in [2.24, 2.45) is 0 Å². The minimum Gasteiger partial charge on any atom is -0.476 e. The number of aromatic nitrogens is 1. The molecule has 24 heavy (non-hydrogen) atoms. The molecule has 7 heteroatoms. The molecule has 2 amide bonds. The lowest BCUT2D eigenvalue weighted by Crippen LogP contribution is -2.43. The Bertz CT molecular complexity index is 796. The zero-order chi connectivity index (χ0) is 17.9. The smallest absolute Gasteiger partial charge is 0.355 e. The van der Waals surface area contributed by atoms with E-state index >= 15 is 0 Å². The number of rotatable bonds is 5. The highest BCUT2D eigenvalue weighted by Crippen LogP contribution is 2.24. The van der Waals surface area contributed by atoms with Gasteiger partial charge in [0.15, 0.2) is 10.8 Å². The van der Waals surface area contributed by atoms with E-state index in [0.29, 0.717) is 0 Å². The van der Waals surface area contributed by atoms with E-state index in [1.807, 2.05) is 45.0 Å². The van der Waals surface area contributed by atoms with Crippen LogP contribution in [0.5, 0.6) is 0 Å². The van der Waals surface area contributed by atoms with Crippen LogP contribution in [0.4, 0.5) is 9.93 Å². The van der Waals surface area contributed by atoms with Crippen molar-refractivity contribution < 1.29 is 14.7 Å². The number of benzene rings is 1. The molecule has 6 nitrogen and oxygen atoms in total. The van der Waals surface area contributed by atoms with Gasteiger partial charge in [-0.15, -0.1) is 11.3 Å². The van der Waals surface area contributed by atoms with Crippen molar-refractivity contribution >= 4 is 34.0 Å². The molecule has 2 aromatic rings. The third-order valence-electron chi connectivity index (χ3n) is 3.45. The van der Waals surface area contributed by atoms with Gasteiger partial charge in [0.25, 0.3) is 0 Å². The summed E-state index contributed by atoms with van der Waals surface area (Å²) in [5.74, 6) is -1.13. The topological polar surface area (TPSA) is 91.3 Å². The maximum absolute atomic E-state index is 12.2. The van der Waals surface area contributed by atoms with Gasteiger partial charge < -0.3 is 10.4 Å². The zero-order valence-electron chi connectivity index (χ0n) is 13.7. The van der Waals surface area contributed by atoms with Crippen LogP contribution in [0.2, 0.25) is 0 Å². The number of amides is 2. The van der Waals surface area contributed by atoms with Crippen LogP contribution in [-0.4, -0.2) is 22.1 Å². The molecule has 0 unspecified atom stereocenters. The summed E-state index contributed by atoms with van der Waals surface area (Å²) in [4.78, 5) is 26.8. The van der Waals surface area contributed by atoms with Gasteiger partial charge in [-0.1, -0.05) is 30.4 Å². The van der Waals surface area contributed by atoms with Crippen LogP contribution in [0.1, 0.15) is 42.4 Å². The molecule has 0 atom stereocenters. The molecule has 3 N–H and O–H groups in total. The Kier molecular flexibility index (Phi) is 5.04. The molecule has 0 bridgehead atoms. The van der Waals surface area contributed by atoms with Crippen molar-refractivity contribution in [1.82, 2.24) is 10.3 Å². The maximum atomic E-state index is 12.2. The number of allylic oxidation sites excluding steroid dienone is 1. The van der Waals surface area contributed by atoms with Gasteiger partial charge in [-0.3, -0.25) is 5.32 Å². The SMILES string of the molecule is C=C(C)c1cccc(C(C)(C)NC(=O)Nc2nc(C(=O)O)cs2)c1. The van der Waals surface area contributed by atoms with Gasteiger partial charge in [-0.25, -0.2) is 14.6 Å². The number of urea groups is 1. The summed E-state index contributed by atoms with van der Waals surface area (Å²) in [5.41, 5.74) is 2.17. The molecule has 1 heterocycles. The van der Waals surface area contributed by atoms with Crippen LogP contribution in [-0.2, 0) is 5.54 Å². The van der Waals surface area contributed by atoms with Gasteiger partial charge in [0.1, 0.15) is 0 Å². The van der Waals surface area contributed by atoms with Crippen LogP contribution in [0.3, 0.4) is 0 Å². The maximum Gasteiger partial charge on any atom is 0.355 e. The van der Waals surface area contributed by atoms with E-state index in [-0.39, 0.29) is 10.8 Å². The number of aromatic carboxylic acids is 1. The summed E-state index contributed by atoms with van der Waals surface area (Å²) < 4.78 is 0. The monoisotopic (exact) mass is 345 g/mol. The van der Waals surface area contributed by atoms with Crippen LogP contribution < -0.4 is 10.6 Å². The van der Waals surface area contributed by atoms with E-state index in [2.05, 4.69) is 22.2 Å². The Morgan fingerprint density at radius 1 is 1.33 bits per heavy atom. The fourth-order valence-corrected chi connectivity index (χ4v) is 2.77. The van der Waals surface area contributed by atoms with E-state index in [1.165, 1.54) is 5.38 Å². The second-order valence-corrected chi connectivity index (χ2v) is 6.77. The standard InChI is InChI=1S/C17H19N3O3S/c1-10(2)11-6-5-7-12(8-11)17(3,4)20-15(23)19-16-18-13(9-24-16)14(21)22/h5-9H,1H2,2-4H3,(H,21,22)(H2,18,19,20,23). The molecule has 0 saturated heterocycles. The van der Waals surface area contributed by atoms with Gasteiger partial charge in [0.2, 0.25) is 0 Å². The fourth-order valence-electron chi connectivity index (χ4n) is 2.09. The first-order valence-electron chi connectivity index (χ1n) is 7.23. The number of anilines is 1. The Labute approximate surface area is 144 Å². The van der Waals surface area contributed by atoms with Crippen LogP contribution in [0, 0.1) is 0 Å². The minimum absolute atomic E-state index is 0.0938. The van der Waals surface area contributed by atoms with Crippen molar-refractivity contribution in [3.63, 3.8) is 0 Å². The molecule has 0 fully saturated rings. The molecule has 2 rings (SSSR count). The summed E-state index contributed by atoms with van der Waals surface area (Å²) in [5, 5.41) is 15.9. The molecule has 0 aliphatic rings. The Balaban J connectivity index is 2.10. The minimum atomic E-state index is -1.13. The van der Waals surface area contributed by atoms with Crippen molar-refractivity contribution in [1.29, 1.82) is 0 Å². The number of nitrogens with zero attached hydrogens (tertiary/aromatic N) is 1. The second kappa shape index (κ2) is 6.84. The molecule has 126 valence electrons. The predicted molar refractivity (Wildman–Crippen MR) is 95.4 cm³/mol. The molecule has 0 spiro atoms. The molecule has 0 saturated carbocycles. The Morgan fingerprint density at radius 3 is 2.62 bits per heavy atom. The summed E-state index contributed by atoms with van der Waals surface area (Å²) in [6, 6.07) is 7.34. The summed E-state index contributed by atoms with van der Waals surface area (Å²) in [6.45, 7) is 9.62. The van der Waals surface area contributed by atoms with E-state index in [1.54, 1.807) is 0 Å². The third kappa shape index (κ3) is 4.20. The molecule has 0 aliphatic carbocycles. The van der Waals surface area contributed by atoms with Crippen LogP contribution >= 0.6 is 11.3 Å². The first-order chi connectivity index (χ1) is 11.2. The third-order valence-corrected chi connectivity index (χ3v) is 4.20. The quantitative estimate of drug-likeness (QED) is 0.765. The highest BCUT2D eigenvalue weighted by Gasteiger charge is 2.23. The predicted octanol–water partition coefficient (Wildman–Crippen LogP) is 3.93. The second-order valence-electron chi connectivity index (χ2n) is 5.91. The average molecular weight is 345 g/mol. The number of hydrogen-bond acceptors (Lipinski definition) is 4. The molecule has 1 aromatic carbocycles. The number of carboxylic acid groups (broad SMARTS) is 1. The van der Waals surface area contributed by atoms with Crippen molar-refractivity contribution in [3.8, 4) is 0 Å². The normalized spacial score (nSPS) is 11.0. The average Bonchev–Trinajstić information content (AvgIpc) is 2.95. The van der Waals surface area contributed by atoms with Gasteiger partial charge in [-0.05, 0) is 38.0 Å². The zero-order valence-corrected chi connectivity index (χ0v) is 14.5. The number of carbonyl (C=O) groups is 2. The first kappa shape index (κ1) is 17.7. The van der Waals surface area contributed by atoms with Gasteiger partial charge in [0, 0.05) is 5.38 Å². The van der Waals surface area contributed by atoms with Crippen molar-refractivity contribution in [2.45, 2.75) is 26.3 Å². The lowest BCUT2D eigenvalue weighted by molar-refractivity contribution is 0.0691. The van der Waals surface area contributed by atoms with E-state index in [9.17, 15) is 9.59 Å². The number of nitrogens with one attached hydrogen (secondary N) is 2. The number of hydrogen-bond donors (Lipinski definition) is 3. The highest BCUT2D eigenvalue weighted by molar-refractivity contribution is 7.14. The number of thiazole rings is 1. The molecule has 1 aromatic heterocycles. The lowest BCUT2D eigenvalue weighted by Gasteiger charge is -2.27. The summed E-state index contributed by atoms with van der Waals surface area (Å²) in [6.07, 6.45) is 0. The molecule has 0 aliphatic heterocycles. The molecule has 0 radical (unpaired) electrons.